The van der Waals surface area contributed by atoms with E-state index in [1.807, 2.05) is 12.4 Å². The molecule has 1 aliphatic carbocycles. The Morgan fingerprint density at radius 2 is 1.12 bits per heavy atom. The number of hydrogen-bond acceptors (Lipinski definition) is 2. The molecule has 0 atom stereocenters. The summed E-state index contributed by atoms with van der Waals surface area (Å²) in [4.78, 5) is 10.1. The van der Waals surface area contributed by atoms with Crippen LogP contribution in [-0.4, -0.2) is 19.1 Å². The molecule has 4 heteroatoms. The average Bonchev–Trinajstić information content (AvgIpc) is 3.84. The summed E-state index contributed by atoms with van der Waals surface area (Å²) < 4.78 is 4.73. The Balaban J connectivity index is 1.09. The summed E-state index contributed by atoms with van der Waals surface area (Å²) in [5.74, 6) is 0.893. The summed E-state index contributed by atoms with van der Waals surface area (Å²) in [5, 5.41) is 9.75. The van der Waals surface area contributed by atoms with Gasteiger partial charge in [0.1, 0.15) is 5.82 Å². The van der Waals surface area contributed by atoms with E-state index in [0.717, 1.165) is 28.2 Å². The fraction of sp³-hybridized carbons (Fsp3) is 0. The molecule has 1 aliphatic rings. The Bertz CT molecular complexity index is 3290. The van der Waals surface area contributed by atoms with Crippen LogP contribution in [0, 0.1) is 0 Å². The topological polar surface area (TPSA) is 35.6 Å². The van der Waals surface area contributed by atoms with Gasteiger partial charge in [0.25, 0.3) is 0 Å². The first kappa shape index (κ1) is 27.7. The van der Waals surface area contributed by atoms with Crippen molar-refractivity contribution in [3.63, 3.8) is 0 Å². The van der Waals surface area contributed by atoms with E-state index in [0.29, 0.717) is 0 Å². The lowest BCUT2D eigenvalue weighted by atomic mass is 10.00. The van der Waals surface area contributed by atoms with Crippen molar-refractivity contribution in [2.45, 2.75) is 0 Å². The molecule has 12 rings (SSSR count). The first-order chi connectivity index (χ1) is 25.8. The highest BCUT2D eigenvalue weighted by Crippen LogP contribution is 2.47. The Labute approximate surface area is 298 Å². The third-order valence-corrected chi connectivity index (χ3v) is 11.1. The Morgan fingerprint density at radius 1 is 0.404 bits per heavy atom. The standard InChI is InChI=1S/C48H28N4/c1-2-11-33(12-3-1)51-42-16-7-6-14-35(42)38-25-31(18-21-43(38)51)32-19-22-44-39(26-32)37-20-17-29-9-4-5-13-34(29)48(37)52(44)45-27-40-41(28-50-45)36-15-8-10-30-23-24-49-47(40)46(30)36/h1-28H. The van der Waals surface area contributed by atoms with Gasteiger partial charge in [-0.1, -0.05) is 103 Å². The van der Waals surface area contributed by atoms with Crippen molar-refractivity contribution in [1.82, 2.24) is 19.1 Å². The summed E-state index contributed by atoms with van der Waals surface area (Å²) in [6.07, 6.45) is 3.96. The number of benzene rings is 7. The molecule has 52 heavy (non-hydrogen) atoms. The van der Waals surface area contributed by atoms with Crippen LogP contribution in [-0.2, 0) is 0 Å². The first-order valence-corrected chi connectivity index (χ1v) is 17.7. The molecule has 0 aliphatic heterocycles. The zero-order valence-corrected chi connectivity index (χ0v) is 28.0. The largest absolute Gasteiger partial charge is 0.309 e. The number of hydrogen-bond donors (Lipinski definition) is 0. The van der Waals surface area contributed by atoms with Gasteiger partial charge in [-0.15, -0.1) is 0 Å². The molecule has 0 radical (unpaired) electrons. The van der Waals surface area contributed by atoms with Crippen LogP contribution in [0.25, 0.3) is 110 Å². The maximum atomic E-state index is 5.17. The van der Waals surface area contributed by atoms with Gasteiger partial charge in [0.05, 0.1) is 27.8 Å². The van der Waals surface area contributed by atoms with Crippen molar-refractivity contribution >= 4 is 65.2 Å². The van der Waals surface area contributed by atoms with Gasteiger partial charge in [0.15, 0.2) is 0 Å². The van der Waals surface area contributed by atoms with Gasteiger partial charge >= 0.3 is 0 Å². The highest BCUT2D eigenvalue weighted by atomic mass is 15.1. The summed E-state index contributed by atoms with van der Waals surface area (Å²) in [6.45, 7) is 0. The smallest absolute Gasteiger partial charge is 0.138 e. The predicted octanol–water partition coefficient (Wildman–Crippen LogP) is 12.3. The lowest BCUT2D eigenvalue weighted by Crippen LogP contribution is -1.99. The monoisotopic (exact) mass is 660 g/mol. The van der Waals surface area contributed by atoms with E-state index in [1.165, 1.54) is 82.0 Å². The fourth-order valence-electron chi connectivity index (χ4n) is 8.84. The second-order valence-electron chi connectivity index (χ2n) is 13.8. The first-order valence-electron chi connectivity index (χ1n) is 17.7. The maximum Gasteiger partial charge on any atom is 0.138 e. The lowest BCUT2D eigenvalue weighted by Gasteiger charge is -2.11. The normalized spacial score (nSPS) is 12.2. The maximum absolute atomic E-state index is 5.17. The Morgan fingerprint density at radius 3 is 1.98 bits per heavy atom. The van der Waals surface area contributed by atoms with Crippen LogP contribution in [0.15, 0.2) is 170 Å². The minimum absolute atomic E-state index is 0.893. The molecule has 7 aromatic carbocycles. The average molecular weight is 661 g/mol. The Kier molecular flexibility index (Phi) is 5.47. The van der Waals surface area contributed by atoms with Gasteiger partial charge in [-0.05, 0) is 82.1 Å². The third kappa shape index (κ3) is 3.70. The summed E-state index contributed by atoms with van der Waals surface area (Å²) >= 11 is 0. The van der Waals surface area contributed by atoms with Crippen molar-refractivity contribution in [3.05, 3.63) is 170 Å². The predicted molar refractivity (Wildman–Crippen MR) is 216 cm³/mol. The fourth-order valence-corrected chi connectivity index (χ4v) is 8.84. The van der Waals surface area contributed by atoms with E-state index in [4.69, 9.17) is 9.97 Å². The summed E-state index contributed by atoms with van der Waals surface area (Å²) in [5.41, 5.74) is 12.8. The third-order valence-electron chi connectivity index (χ3n) is 11.1. The van der Waals surface area contributed by atoms with Crippen LogP contribution >= 0.6 is 0 Å². The van der Waals surface area contributed by atoms with Crippen molar-refractivity contribution in [2.75, 3.05) is 0 Å². The van der Waals surface area contributed by atoms with Crippen LogP contribution in [0.2, 0.25) is 0 Å². The zero-order chi connectivity index (χ0) is 33.9. The van der Waals surface area contributed by atoms with Gasteiger partial charge in [0, 0.05) is 61.5 Å². The SMILES string of the molecule is c1ccc(-n2c3ccccc3c3cc(-c4ccc5c(c4)c4ccc6ccccc6c4n5-c4cc5c(cn4)-c4cccc6ccnc-5c46)ccc32)cc1. The van der Waals surface area contributed by atoms with Gasteiger partial charge < -0.3 is 4.57 Å². The summed E-state index contributed by atoms with van der Waals surface area (Å²) in [6, 6.07) is 57.2. The van der Waals surface area contributed by atoms with Gasteiger partial charge in [-0.3, -0.25) is 9.55 Å². The molecule has 4 nitrogen and oxygen atoms in total. The molecule has 0 saturated carbocycles. The number of nitrogens with zero attached hydrogens (tertiary/aromatic N) is 4. The van der Waals surface area contributed by atoms with Crippen molar-refractivity contribution in [3.8, 4) is 45.0 Å². The molecular formula is C48H28N4. The van der Waals surface area contributed by atoms with Gasteiger partial charge in [-0.2, -0.15) is 0 Å². The minimum atomic E-state index is 0.893. The molecule has 0 amide bonds. The molecule has 4 heterocycles. The van der Waals surface area contributed by atoms with Crippen LogP contribution in [0.5, 0.6) is 0 Å². The van der Waals surface area contributed by atoms with E-state index in [-0.39, 0.29) is 0 Å². The quantitative estimate of drug-likeness (QED) is 0.189. The molecule has 11 aromatic rings. The number of rotatable bonds is 3. The van der Waals surface area contributed by atoms with Gasteiger partial charge in [0.2, 0.25) is 0 Å². The zero-order valence-electron chi connectivity index (χ0n) is 28.0. The molecule has 0 unspecified atom stereocenters. The van der Waals surface area contributed by atoms with Crippen LogP contribution < -0.4 is 0 Å². The van der Waals surface area contributed by atoms with Gasteiger partial charge in [-0.25, -0.2) is 4.98 Å². The molecule has 240 valence electrons. The molecule has 4 aromatic heterocycles. The van der Waals surface area contributed by atoms with Crippen molar-refractivity contribution in [1.29, 1.82) is 0 Å². The highest BCUT2D eigenvalue weighted by Gasteiger charge is 2.25. The van der Waals surface area contributed by atoms with Crippen molar-refractivity contribution < 1.29 is 0 Å². The molecule has 0 saturated heterocycles. The minimum Gasteiger partial charge on any atom is -0.309 e. The molecule has 0 spiro atoms. The van der Waals surface area contributed by atoms with E-state index in [2.05, 4.69) is 167 Å². The number of aromatic nitrogens is 4. The number of para-hydroxylation sites is 2. The number of pyridine rings is 2. The molecule has 0 fully saturated rings. The molecule has 0 N–H and O–H groups in total. The van der Waals surface area contributed by atoms with E-state index in [9.17, 15) is 0 Å². The summed E-state index contributed by atoms with van der Waals surface area (Å²) in [7, 11) is 0. The van der Waals surface area contributed by atoms with Crippen LogP contribution in [0.1, 0.15) is 0 Å². The molecule has 0 bridgehead atoms. The highest BCUT2D eigenvalue weighted by molar-refractivity contribution is 6.20. The van der Waals surface area contributed by atoms with E-state index < -0.39 is 0 Å². The van der Waals surface area contributed by atoms with E-state index in [1.54, 1.807) is 0 Å². The number of fused-ring (bicyclic) bond motifs is 11. The Hall–Kier alpha value is -7.04. The van der Waals surface area contributed by atoms with E-state index >= 15 is 0 Å². The molecular weight excluding hydrogens is 633 g/mol. The lowest BCUT2D eigenvalue weighted by molar-refractivity contribution is 1.09. The van der Waals surface area contributed by atoms with Crippen LogP contribution in [0.3, 0.4) is 0 Å². The van der Waals surface area contributed by atoms with Crippen LogP contribution in [0.4, 0.5) is 0 Å². The van der Waals surface area contributed by atoms with Crippen molar-refractivity contribution in [2.24, 2.45) is 0 Å². The second kappa shape index (κ2) is 10.3. The second-order valence-corrected chi connectivity index (χ2v) is 13.8.